The van der Waals surface area contributed by atoms with Crippen molar-refractivity contribution in [3.63, 3.8) is 0 Å². The molecule has 1 nitrogen and oxygen atoms in total. The van der Waals surface area contributed by atoms with E-state index in [9.17, 15) is 4.39 Å². The van der Waals surface area contributed by atoms with Gasteiger partial charge in [0.2, 0.25) is 0 Å². The number of nitrogens with zero attached hydrogens (tertiary/aromatic N) is 1. The molecule has 2 fully saturated rings. The van der Waals surface area contributed by atoms with E-state index >= 15 is 0 Å². The zero-order valence-electron chi connectivity index (χ0n) is 17.5. The van der Waals surface area contributed by atoms with Crippen molar-refractivity contribution in [2.24, 2.45) is 5.92 Å². The second-order valence-electron chi connectivity index (χ2n) is 9.09. The highest BCUT2D eigenvalue weighted by atomic mass is 19.1. The average Bonchev–Trinajstić information content (AvgIpc) is 3.56. The van der Waals surface area contributed by atoms with Gasteiger partial charge in [-0.05, 0) is 90.9 Å². The lowest BCUT2D eigenvalue weighted by molar-refractivity contribution is 0.203. The summed E-state index contributed by atoms with van der Waals surface area (Å²) in [5, 5.41) is 0. The maximum Gasteiger partial charge on any atom is 0.123 e. The molecule has 1 heterocycles. The zero-order chi connectivity index (χ0) is 20.3. The van der Waals surface area contributed by atoms with Crippen LogP contribution in [0.5, 0.6) is 0 Å². The topological polar surface area (TPSA) is 3.24 Å². The normalized spacial score (nSPS) is 22.2. The first-order valence-corrected chi connectivity index (χ1v) is 11.4. The van der Waals surface area contributed by atoms with E-state index < -0.39 is 0 Å². The zero-order valence-corrected chi connectivity index (χ0v) is 17.5. The molecule has 3 aromatic carbocycles. The minimum absolute atomic E-state index is 0.162. The molecule has 2 atom stereocenters. The Morgan fingerprint density at radius 1 is 0.800 bits per heavy atom. The van der Waals surface area contributed by atoms with Crippen LogP contribution in [-0.2, 0) is 6.42 Å². The fourth-order valence-corrected chi connectivity index (χ4v) is 5.23. The maximum atomic E-state index is 13.2. The molecule has 1 aliphatic heterocycles. The molecule has 1 saturated carbocycles. The van der Waals surface area contributed by atoms with Crippen molar-refractivity contribution in [3.05, 3.63) is 107 Å². The first kappa shape index (κ1) is 19.5. The Morgan fingerprint density at radius 3 is 2.27 bits per heavy atom. The Hall–Kier alpha value is -2.45. The highest BCUT2D eigenvalue weighted by Gasteiger charge is 2.39. The molecule has 0 aromatic heterocycles. The van der Waals surface area contributed by atoms with Crippen molar-refractivity contribution in [2.75, 3.05) is 19.6 Å². The predicted molar refractivity (Wildman–Crippen MR) is 121 cm³/mol. The SMILES string of the molecule is Fc1ccc(Cc2ccccc2C2CCN(CC3CC3c3ccccc3)CC2)cc1. The summed E-state index contributed by atoms with van der Waals surface area (Å²) in [6, 6.07) is 26.8. The molecule has 0 bridgehead atoms. The van der Waals surface area contributed by atoms with Crippen molar-refractivity contribution in [3.8, 4) is 0 Å². The lowest BCUT2D eigenvalue weighted by atomic mass is 9.85. The van der Waals surface area contributed by atoms with Gasteiger partial charge < -0.3 is 4.90 Å². The number of benzene rings is 3. The van der Waals surface area contributed by atoms with Crippen LogP contribution in [0.3, 0.4) is 0 Å². The van der Waals surface area contributed by atoms with Crippen LogP contribution in [0, 0.1) is 11.7 Å². The third-order valence-electron chi connectivity index (χ3n) is 7.03. The number of piperidine rings is 1. The number of hydrogen-bond donors (Lipinski definition) is 0. The molecule has 5 rings (SSSR count). The Balaban J connectivity index is 1.18. The Morgan fingerprint density at radius 2 is 1.50 bits per heavy atom. The molecule has 1 aliphatic carbocycles. The van der Waals surface area contributed by atoms with Crippen LogP contribution in [0.1, 0.15) is 53.4 Å². The van der Waals surface area contributed by atoms with E-state index in [0.29, 0.717) is 5.92 Å². The fraction of sp³-hybridized carbons (Fsp3) is 0.357. The van der Waals surface area contributed by atoms with Gasteiger partial charge in [-0.15, -0.1) is 0 Å². The molecular weight excluding hydrogens is 369 g/mol. The minimum atomic E-state index is -0.162. The molecule has 3 aromatic rings. The van der Waals surface area contributed by atoms with E-state index in [4.69, 9.17) is 0 Å². The summed E-state index contributed by atoms with van der Waals surface area (Å²) in [6.45, 7) is 3.66. The van der Waals surface area contributed by atoms with Crippen LogP contribution in [0.25, 0.3) is 0 Å². The highest BCUT2D eigenvalue weighted by molar-refractivity contribution is 5.35. The van der Waals surface area contributed by atoms with Gasteiger partial charge in [-0.1, -0.05) is 66.7 Å². The van der Waals surface area contributed by atoms with E-state index in [0.717, 1.165) is 18.3 Å². The van der Waals surface area contributed by atoms with Crippen LogP contribution in [0.2, 0.25) is 0 Å². The Bertz CT molecular complexity index is 957. The van der Waals surface area contributed by atoms with Crippen molar-refractivity contribution < 1.29 is 4.39 Å². The first-order valence-electron chi connectivity index (χ1n) is 11.4. The number of likely N-dealkylation sites (tertiary alicyclic amines) is 1. The first-order chi connectivity index (χ1) is 14.8. The Labute approximate surface area is 179 Å². The van der Waals surface area contributed by atoms with Gasteiger partial charge in [0.05, 0.1) is 0 Å². The van der Waals surface area contributed by atoms with E-state index in [1.165, 1.54) is 61.2 Å². The van der Waals surface area contributed by atoms with Gasteiger partial charge in [-0.25, -0.2) is 4.39 Å². The van der Waals surface area contributed by atoms with E-state index in [2.05, 4.69) is 59.5 Å². The third kappa shape index (κ3) is 4.49. The van der Waals surface area contributed by atoms with Crippen LogP contribution in [0.4, 0.5) is 4.39 Å². The van der Waals surface area contributed by atoms with Crippen molar-refractivity contribution in [1.29, 1.82) is 0 Å². The van der Waals surface area contributed by atoms with Crippen molar-refractivity contribution >= 4 is 0 Å². The molecule has 0 spiro atoms. The molecule has 30 heavy (non-hydrogen) atoms. The van der Waals surface area contributed by atoms with Crippen molar-refractivity contribution in [2.45, 2.75) is 37.5 Å². The van der Waals surface area contributed by atoms with E-state index in [1.807, 2.05) is 12.1 Å². The monoisotopic (exact) mass is 399 g/mol. The van der Waals surface area contributed by atoms with Crippen LogP contribution < -0.4 is 0 Å². The fourth-order valence-electron chi connectivity index (χ4n) is 5.23. The summed E-state index contributed by atoms with van der Waals surface area (Å²) in [6.07, 6.45) is 4.72. The summed E-state index contributed by atoms with van der Waals surface area (Å²) < 4.78 is 13.2. The molecule has 2 unspecified atom stereocenters. The molecule has 2 heteroatoms. The van der Waals surface area contributed by atoms with Crippen LogP contribution >= 0.6 is 0 Å². The summed E-state index contributed by atoms with van der Waals surface area (Å²) in [4.78, 5) is 2.69. The highest BCUT2D eigenvalue weighted by Crippen LogP contribution is 2.48. The number of halogens is 1. The second kappa shape index (κ2) is 8.73. The molecule has 2 aliphatic rings. The molecule has 154 valence electrons. The van der Waals surface area contributed by atoms with Crippen LogP contribution in [-0.4, -0.2) is 24.5 Å². The molecule has 0 radical (unpaired) electrons. The predicted octanol–water partition coefficient (Wildman–Crippen LogP) is 6.40. The molecular formula is C28H30FN. The van der Waals surface area contributed by atoms with Gasteiger partial charge in [0.1, 0.15) is 5.82 Å². The smallest absolute Gasteiger partial charge is 0.123 e. The van der Waals surface area contributed by atoms with Crippen molar-refractivity contribution in [1.82, 2.24) is 4.90 Å². The lowest BCUT2D eigenvalue weighted by Gasteiger charge is -2.33. The molecule has 0 N–H and O–H groups in total. The standard InChI is InChI=1S/C28H30FN/c29-26-12-10-21(11-13-26)18-24-8-4-5-9-27(24)23-14-16-30(17-15-23)20-25-19-28(25)22-6-2-1-3-7-22/h1-13,23,25,28H,14-20H2. The van der Waals surface area contributed by atoms with Crippen LogP contribution in [0.15, 0.2) is 78.9 Å². The van der Waals surface area contributed by atoms with E-state index in [1.54, 1.807) is 12.1 Å². The van der Waals surface area contributed by atoms with Gasteiger partial charge in [0.25, 0.3) is 0 Å². The van der Waals surface area contributed by atoms with Gasteiger partial charge in [0.15, 0.2) is 0 Å². The Kier molecular flexibility index (Phi) is 5.68. The van der Waals surface area contributed by atoms with Gasteiger partial charge >= 0.3 is 0 Å². The quantitative estimate of drug-likeness (QED) is 0.464. The summed E-state index contributed by atoms with van der Waals surface area (Å²) in [5.41, 5.74) is 5.60. The maximum absolute atomic E-state index is 13.2. The average molecular weight is 400 g/mol. The molecule has 1 saturated heterocycles. The minimum Gasteiger partial charge on any atom is -0.303 e. The van der Waals surface area contributed by atoms with E-state index in [-0.39, 0.29) is 5.82 Å². The largest absolute Gasteiger partial charge is 0.303 e. The summed E-state index contributed by atoms with van der Waals surface area (Å²) in [7, 11) is 0. The summed E-state index contributed by atoms with van der Waals surface area (Å²) in [5.74, 6) is 2.10. The third-order valence-corrected chi connectivity index (χ3v) is 7.03. The van der Waals surface area contributed by atoms with Gasteiger partial charge in [-0.3, -0.25) is 0 Å². The summed E-state index contributed by atoms with van der Waals surface area (Å²) >= 11 is 0. The van der Waals surface area contributed by atoms with Gasteiger partial charge in [0, 0.05) is 6.54 Å². The number of hydrogen-bond acceptors (Lipinski definition) is 1. The molecule has 0 amide bonds. The second-order valence-corrected chi connectivity index (χ2v) is 9.09. The lowest BCUT2D eigenvalue weighted by Crippen LogP contribution is -2.34. The van der Waals surface area contributed by atoms with Gasteiger partial charge in [-0.2, -0.15) is 0 Å². The number of rotatable bonds is 6.